The Kier molecular flexibility index (Phi) is 3.27. The Balaban J connectivity index is 2.12. The summed E-state index contributed by atoms with van der Waals surface area (Å²) in [5.41, 5.74) is 8.47. The molecule has 3 heteroatoms. The van der Waals surface area contributed by atoms with Gasteiger partial charge in [-0.05, 0) is 6.07 Å². The number of rotatable bonds is 5. The zero-order valence-electron chi connectivity index (χ0n) is 9.20. The molecule has 1 heterocycles. The summed E-state index contributed by atoms with van der Waals surface area (Å²) < 4.78 is 5.46. The Morgan fingerprint density at radius 3 is 3.00 bits per heavy atom. The second-order valence-corrected chi connectivity index (χ2v) is 3.75. The molecule has 0 aliphatic carbocycles. The first kappa shape index (κ1) is 10.8. The minimum atomic E-state index is 0.616. The van der Waals surface area contributed by atoms with Crippen molar-refractivity contribution in [3.8, 4) is 0 Å². The molecule has 0 atom stereocenters. The Bertz CT molecular complexity index is 487. The Morgan fingerprint density at radius 1 is 1.38 bits per heavy atom. The van der Waals surface area contributed by atoms with E-state index in [1.54, 1.807) is 6.26 Å². The van der Waals surface area contributed by atoms with Gasteiger partial charge in [0.25, 0.3) is 0 Å². The molecule has 3 N–H and O–H groups in total. The van der Waals surface area contributed by atoms with Crippen molar-refractivity contribution in [2.24, 2.45) is 5.73 Å². The molecule has 0 unspecified atom stereocenters. The Hall–Kier alpha value is -1.74. The standard InChI is InChI=1S/C13H16N2O/c1-10(15-7-6-14)8-11-9-16-13-5-3-2-4-12(11)13/h2-5,9,15H,1,6-8,14H2. The van der Waals surface area contributed by atoms with Gasteiger partial charge in [0.2, 0.25) is 0 Å². The molecule has 2 rings (SSSR count). The lowest BCUT2D eigenvalue weighted by atomic mass is 10.1. The third-order valence-corrected chi connectivity index (χ3v) is 2.48. The van der Waals surface area contributed by atoms with E-state index in [4.69, 9.17) is 10.2 Å². The fourth-order valence-corrected chi connectivity index (χ4v) is 1.71. The third kappa shape index (κ3) is 2.25. The predicted molar refractivity (Wildman–Crippen MR) is 66.1 cm³/mol. The molecule has 1 aromatic carbocycles. The molecule has 0 bridgehead atoms. The van der Waals surface area contributed by atoms with Crippen LogP contribution in [0.4, 0.5) is 0 Å². The van der Waals surface area contributed by atoms with Gasteiger partial charge in [0.15, 0.2) is 0 Å². The van der Waals surface area contributed by atoms with Crippen LogP contribution in [0.5, 0.6) is 0 Å². The summed E-state index contributed by atoms with van der Waals surface area (Å²) in [6.45, 7) is 5.34. The maximum absolute atomic E-state index is 5.46. The molecule has 0 saturated heterocycles. The van der Waals surface area contributed by atoms with E-state index in [2.05, 4.69) is 18.0 Å². The first-order valence-corrected chi connectivity index (χ1v) is 5.38. The van der Waals surface area contributed by atoms with Crippen molar-refractivity contribution >= 4 is 11.0 Å². The summed E-state index contributed by atoms with van der Waals surface area (Å²) in [7, 11) is 0. The number of furan rings is 1. The van der Waals surface area contributed by atoms with Crippen LogP contribution in [-0.4, -0.2) is 13.1 Å². The highest BCUT2D eigenvalue weighted by molar-refractivity contribution is 5.81. The van der Waals surface area contributed by atoms with Gasteiger partial charge in [0.05, 0.1) is 6.26 Å². The molecular formula is C13H16N2O. The number of fused-ring (bicyclic) bond motifs is 1. The molecule has 0 radical (unpaired) electrons. The van der Waals surface area contributed by atoms with E-state index in [-0.39, 0.29) is 0 Å². The molecule has 16 heavy (non-hydrogen) atoms. The normalized spacial score (nSPS) is 10.6. The van der Waals surface area contributed by atoms with Crippen molar-refractivity contribution in [3.63, 3.8) is 0 Å². The summed E-state index contributed by atoms with van der Waals surface area (Å²) in [5.74, 6) is 0. The van der Waals surface area contributed by atoms with Gasteiger partial charge in [-0.25, -0.2) is 0 Å². The molecule has 3 nitrogen and oxygen atoms in total. The van der Waals surface area contributed by atoms with Gasteiger partial charge in [0, 0.05) is 36.2 Å². The topological polar surface area (TPSA) is 51.2 Å². The maximum Gasteiger partial charge on any atom is 0.134 e. The van der Waals surface area contributed by atoms with Crippen molar-refractivity contribution in [3.05, 3.63) is 48.4 Å². The van der Waals surface area contributed by atoms with Gasteiger partial charge in [-0.1, -0.05) is 24.8 Å². The number of nitrogens with two attached hydrogens (primary N) is 1. The first-order valence-electron chi connectivity index (χ1n) is 5.38. The minimum absolute atomic E-state index is 0.616. The van der Waals surface area contributed by atoms with Crippen LogP contribution in [0, 0.1) is 0 Å². The largest absolute Gasteiger partial charge is 0.464 e. The van der Waals surface area contributed by atoms with E-state index < -0.39 is 0 Å². The van der Waals surface area contributed by atoms with Crippen LogP contribution in [-0.2, 0) is 6.42 Å². The summed E-state index contributed by atoms with van der Waals surface area (Å²) in [6.07, 6.45) is 2.57. The number of benzene rings is 1. The van der Waals surface area contributed by atoms with Crippen LogP contribution in [0.1, 0.15) is 5.56 Å². The first-order chi connectivity index (χ1) is 7.81. The molecule has 0 aliphatic rings. The second-order valence-electron chi connectivity index (χ2n) is 3.75. The van der Waals surface area contributed by atoms with Crippen LogP contribution in [0.15, 0.2) is 47.2 Å². The van der Waals surface area contributed by atoms with Crippen molar-refractivity contribution in [1.82, 2.24) is 5.32 Å². The molecule has 2 aromatic rings. The molecule has 84 valence electrons. The molecule has 0 aliphatic heterocycles. The zero-order valence-corrected chi connectivity index (χ0v) is 9.20. The lowest BCUT2D eigenvalue weighted by Gasteiger charge is -2.06. The average Bonchev–Trinajstić information content (AvgIpc) is 2.70. The van der Waals surface area contributed by atoms with Crippen LogP contribution in [0.25, 0.3) is 11.0 Å². The quantitative estimate of drug-likeness (QED) is 0.804. The van der Waals surface area contributed by atoms with E-state index >= 15 is 0 Å². The molecule has 0 spiro atoms. The molecular weight excluding hydrogens is 200 g/mol. The summed E-state index contributed by atoms with van der Waals surface area (Å²) in [5, 5.41) is 4.33. The van der Waals surface area contributed by atoms with Crippen LogP contribution in [0.2, 0.25) is 0 Å². The minimum Gasteiger partial charge on any atom is -0.464 e. The van der Waals surface area contributed by atoms with E-state index in [0.717, 1.165) is 35.2 Å². The number of para-hydroxylation sites is 1. The molecule has 1 aromatic heterocycles. The van der Waals surface area contributed by atoms with Crippen molar-refractivity contribution < 1.29 is 4.42 Å². The lowest BCUT2D eigenvalue weighted by Crippen LogP contribution is -2.22. The van der Waals surface area contributed by atoms with Gasteiger partial charge in [-0.3, -0.25) is 0 Å². The predicted octanol–water partition coefficient (Wildman–Crippen LogP) is 2.04. The smallest absolute Gasteiger partial charge is 0.134 e. The average molecular weight is 216 g/mol. The van der Waals surface area contributed by atoms with Crippen LogP contribution >= 0.6 is 0 Å². The van der Waals surface area contributed by atoms with E-state index in [1.165, 1.54) is 0 Å². The number of allylic oxidation sites excluding steroid dienone is 1. The number of hydrogen-bond acceptors (Lipinski definition) is 3. The van der Waals surface area contributed by atoms with Gasteiger partial charge in [-0.2, -0.15) is 0 Å². The molecule has 0 saturated carbocycles. The molecule has 0 fully saturated rings. The van der Waals surface area contributed by atoms with Gasteiger partial charge < -0.3 is 15.5 Å². The summed E-state index contributed by atoms with van der Waals surface area (Å²) in [6, 6.07) is 8.01. The van der Waals surface area contributed by atoms with Crippen LogP contribution < -0.4 is 11.1 Å². The fraction of sp³-hybridized carbons (Fsp3) is 0.231. The SMILES string of the molecule is C=C(Cc1coc2ccccc12)NCCN. The highest BCUT2D eigenvalue weighted by Crippen LogP contribution is 2.22. The lowest BCUT2D eigenvalue weighted by molar-refractivity contribution is 0.610. The zero-order chi connectivity index (χ0) is 11.4. The van der Waals surface area contributed by atoms with E-state index in [0.29, 0.717) is 6.54 Å². The van der Waals surface area contributed by atoms with Crippen LogP contribution in [0.3, 0.4) is 0 Å². The van der Waals surface area contributed by atoms with Gasteiger partial charge >= 0.3 is 0 Å². The highest BCUT2D eigenvalue weighted by Gasteiger charge is 2.05. The van der Waals surface area contributed by atoms with E-state index in [9.17, 15) is 0 Å². The monoisotopic (exact) mass is 216 g/mol. The third-order valence-electron chi connectivity index (χ3n) is 2.48. The summed E-state index contributed by atoms with van der Waals surface area (Å²) >= 11 is 0. The Morgan fingerprint density at radius 2 is 2.19 bits per heavy atom. The van der Waals surface area contributed by atoms with Gasteiger partial charge in [-0.15, -0.1) is 0 Å². The fourth-order valence-electron chi connectivity index (χ4n) is 1.71. The van der Waals surface area contributed by atoms with Crippen molar-refractivity contribution in [2.45, 2.75) is 6.42 Å². The van der Waals surface area contributed by atoms with Crippen molar-refractivity contribution in [1.29, 1.82) is 0 Å². The maximum atomic E-state index is 5.46. The number of hydrogen-bond donors (Lipinski definition) is 2. The second kappa shape index (κ2) is 4.86. The highest BCUT2D eigenvalue weighted by atomic mass is 16.3. The molecule has 0 amide bonds. The summed E-state index contributed by atoms with van der Waals surface area (Å²) in [4.78, 5) is 0. The number of nitrogens with one attached hydrogen (secondary N) is 1. The Labute approximate surface area is 94.9 Å². The van der Waals surface area contributed by atoms with E-state index in [1.807, 2.05) is 18.2 Å². The van der Waals surface area contributed by atoms with Crippen molar-refractivity contribution in [2.75, 3.05) is 13.1 Å². The van der Waals surface area contributed by atoms with Gasteiger partial charge in [0.1, 0.15) is 5.58 Å².